The van der Waals surface area contributed by atoms with Crippen LogP contribution in [0.4, 0.5) is 0 Å². The normalized spacial score (nSPS) is 19.5. The monoisotopic (exact) mass is 218 g/mol. The van der Waals surface area contributed by atoms with Gasteiger partial charge in [-0.15, -0.1) is 0 Å². The molecule has 0 spiro atoms. The summed E-state index contributed by atoms with van der Waals surface area (Å²) in [5.41, 5.74) is -1.23. The molecule has 0 heterocycles. The van der Waals surface area contributed by atoms with Gasteiger partial charge in [-0.2, -0.15) is 0 Å². The molecule has 0 amide bonds. The quantitative estimate of drug-likeness (QED) is 0.705. The van der Waals surface area contributed by atoms with Crippen molar-refractivity contribution in [2.45, 2.75) is 39.4 Å². The number of hydrogen-bond donors (Lipinski definition) is 1. The molecule has 0 rings (SSSR count). The molecule has 0 saturated heterocycles. The first kappa shape index (κ1) is 14.4. The van der Waals surface area contributed by atoms with Gasteiger partial charge in [-0.3, -0.25) is 4.79 Å². The van der Waals surface area contributed by atoms with Crippen molar-refractivity contribution in [1.29, 1.82) is 0 Å². The van der Waals surface area contributed by atoms with E-state index in [4.69, 9.17) is 9.47 Å². The fourth-order valence-corrected chi connectivity index (χ4v) is 1.80. The minimum atomic E-state index is -1.23. The summed E-state index contributed by atoms with van der Waals surface area (Å²) < 4.78 is 9.78. The van der Waals surface area contributed by atoms with Crippen LogP contribution in [0.15, 0.2) is 0 Å². The predicted octanol–water partition coefficient (Wildman–Crippen LogP) is 1.22. The van der Waals surface area contributed by atoms with Crippen molar-refractivity contribution in [3.8, 4) is 0 Å². The molecule has 15 heavy (non-hydrogen) atoms. The SMILES string of the molecule is COC(=O)C(C(C)C)C(C)(O)C(C)OC. The molecule has 0 aromatic carbocycles. The van der Waals surface area contributed by atoms with Gasteiger partial charge in [-0.25, -0.2) is 0 Å². The summed E-state index contributed by atoms with van der Waals surface area (Å²) in [6.45, 7) is 7.08. The Hall–Kier alpha value is -0.610. The van der Waals surface area contributed by atoms with Crippen LogP contribution in [0.3, 0.4) is 0 Å². The van der Waals surface area contributed by atoms with Gasteiger partial charge in [-0.05, 0) is 19.8 Å². The predicted molar refractivity (Wildman–Crippen MR) is 57.4 cm³/mol. The number of carbonyl (C=O) groups is 1. The summed E-state index contributed by atoms with van der Waals surface area (Å²) in [6, 6.07) is 0. The fraction of sp³-hybridized carbons (Fsp3) is 0.909. The van der Waals surface area contributed by atoms with Crippen LogP contribution >= 0.6 is 0 Å². The van der Waals surface area contributed by atoms with Gasteiger partial charge < -0.3 is 14.6 Å². The number of ether oxygens (including phenoxy) is 2. The highest BCUT2D eigenvalue weighted by atomic mass is 16.5. The Morgan fingerprint density at radius 1 is 1.27 bits per heavy atom. The lowest BCUT2D eigenvalue weighted by Crippen LogP contribution is -2.51. The number of hydrogen-bond acceptors (Lipinski definition) is 4. The average molecular weight is 218 g/mol. The van der Waals surface area contributed by atoms with E-state index in [-0.39, 0.29) is 5.92 Å². The highest BCUT2D eigenvalue weighted by Crippen LogP contribution is 2.30. The van der Waals surface area contributed by atoms with Gasteiger partial charge in [0.1, 0.15) is 5.60 Å². The minimum absolute atomic E-state index is 0.00921. The molecule has 90 valence electrons. The van der Waals surface area contributed by atoms with E-state index >= 15 is 0 Å². The number of aliphatic hydroxyl groups is 1. The zero-order valence-corrected chi connectivity index (χ0v) is 10.4. The van der Waals surface area contributed by atoms with E-state index in [1.54, 1.807) is 13.8 Å². The van der Waals surface area contributed by atoms with Gasteiger partial charge >= 0.3 is 5.97 Å². The molecule has 0 fully saturated rings. The zero-order chi connectivity index (χ0) is 12.2. The number of methoxy groups -OCH3 is 2. The fourth-order valence-electron chi connectivity index (χ4n) is 1.80. The van der Waals surface area contributed by atoms with Gasteiger partial charge in [0.05, 0.1) is 19.1 Å². The van der Waals surface area contributed by atoms with E-state index in [0.29, 0.717) is 0 Å². The minimum Gasteiger partial charge on any atom is -0.469 e. The van der Waals surface area contributed by atoms with Crippen LogP contribution in [0.2, 0.25) is 0 Å². The molecule has 4 nitrogen and oxygen atoms in total. The number of carbonyl (C=O) groups excluding carboxylic acids is 1. The molecule has 3 unspecified atom stereocenters. The molecule has 3 atom stereocenters. The topological polar surface area (TPSA) is 55.8 Å². The largest absolute Gasteiger partial charge is 0.469 e. The van der Waals surface area contributed by atoms with Crippen molar-refractivity contribution in [2.24, 2.45) is 11.8 Å². The lowest BCUT2D eigenvalue weighted by atomic mass is 9.78. The smallest absolute Gasteiger partial charge is 0.311 e. The van der Waals surface area contributed by atoms with Gasteiger partial charge in [0.15, 0.2) is 0 Å². The molecule has 0 radical (unpaired) electrons. The third kappa shape index (κ3) is 3.18. The first-order valence-corrected chi connectivity index (χ1v) is 5.12. The van der Waals surface area contributed by atoms with Crippen molar-refractivity contribution >= 4 is 5.97 Å². The van der Waals surface area contributed by atoms with Crippen LogP contribution < -0.4 is 0 Å². The average Bonchev–Trinajstić information content (AvgIpc) is 2.15. The number of rotatable bonds is 5. The van der Waals surface area contributed by atoms with E-state index in [1.165, 1.54) is 14.2 Å². The second-order valence-corrected chi connectivity index (χ2v) is 4.35. The summed E-state index contributed by atoms with van der Waals surface area (Å²) in [5.74, 6) is -0.999. The third-order valence-corrected chi connectivity index (χ3v) is 2.93. The Bertz CT molecular complexity index is 211. The maximum absolute atomic E-state index is 11.6. The third-order valence-electron chi connectivity index (χ3n) is 2.93. The maximum atomic E-state index is 11.6. The lowest BCUT2D eigenvalue weighted by molar-refractivity contribution is -0.170. The van der Waals surface area contributed by atoms with Gasteiger partial charge in [0, 0.05) is 7.11 Å². The molecule has 0 aliphatic rings. The van der Waals surface area contributed by atoms with Crippen molar-refractivity contribution in [2.75, 3.05) is 14.2 Å². The van der Waals surface area contributed by atoms with Crippen molar-refractivity contribution in [1.82, 2.24) is 0 Å². The first-order valence-electron chi connectivity index (χ1n) is 5.12. The maximum Gasteiger partial charge on any atom is 0.311 e. The van der Waals surface area contributed by atoms with Crippen LogP contribution in [0, 0.1) is 11.8 Å². The van der Waals surface area contributed by atoms with Crippen LogP contribution in [-0.4, -0.2) is 37.0 Å². The Kier molecular flexibility index (Phi) is 5.24. The van der Waals surface area contributed by atoms with E-state index in [1.807, 2.05) is 13.8 Å². The van der Waals surface area contributed by atoms with E-state index in [9.17, 15) is 9.90 Å². The summed E-state index contributed by atoms with van der Waals surface area (Å²) >= 11 is 0. The molecule has 0 aliphatic carbocycles. The van der Waals surface area contributed by atoms with Gasteiger partial charge in [-0.1, -0.05) is 13.8 Å². The van der Waals surface area contributed by atoms with Crippen LogP contribution in [0.25, 0.3) is 0 Å². The van der Waals surface area contributed by atoms with Crippen LogP contribution in [0.5, 0.6) is 0 Å². The Labute approximate surface area is 91.6 Å². The number of esters is 1. The van der Waals surface area contributed by atoms with E-state index in [0.717, 1.165) is 0 Å². The van der Waals surface area contributed by atoms with Gasteiger partial charge in [0.2, 0.25) is 0 Å². The summed E-state index contributed by atoms with van der Waals surface area (Å²) in [7, 11) is 2.83. The summed E-state index contributed by atoms with van der Waals surface area (Å²) in [5, 5.41) is 10.3. The molecular formula is C11H22O4. The van der Waals surface area contributed by atoms with Crippen LogP contribution in [0.1, 0.15) is 27.7 Å². The van der Waals surface area contributed by atoms with Crippen LogP contribution in [-0.2, 0) is 14.3 Å². The molecule has 1 N–H and O–H groups in total. The van der Waals surface area contributed by atoms with Gasteiger partial charge in [0.25, 0.3) is 0 Å². The first-order chi connectivity index (χ1) is 6.78. The molecule has 0 aromatic rings. The Morgan fingerprint density at radius 2 is 1.73 bits per heavy atom. The highest BCUT2D eigenvalue weighted by Gasteiger charge is 2.44. The second-order valence-electron chi connectivity index (χ2n) is 4.35. The van der Waals surface area contributed by atoms with Crippen molar-refractivity contribution < 1.29 is 19.4 Å². The molecule has 4 heteroatoms. The van der Waals surface area contributed by atoms with E-state index in [2.05, 4.69) is 0 Å². The molecule has 0 bridgehead atoms. The summed E-state index contributed by atoms with van der Waals surface area (Å²) in [6.07, 6.45) is -0.427. The standard InChI is InChI=1S/C11H22O4/c1-7(2)9(10(12)15-6)11(4,13)8(3)14-5/h7-9,13H,1-6H3. The van der Waals surface area contributed by atoms with E-state index < -0.39 is 23.6 Å². The molecule has 0 aliphatic heterocycles. The molecule has 0 aromatic heterocycles. The second kappa shape index (κ2) is 5.47. The lowest BCUT2D eigenvalue weighted by Gasteiger charge is -2.37. The molecular weight excluding hydrogens is 196 g/mol. The summed E-state index contributed by atoms with van der Waals surface area (Å²) in [4.78, 5) is 11.6. The Balaban J connectivity index is 4.98. The zero-order valence-electron chi connectivity index (χ0n) is 10.4. The van der Waals surface area contributed by atoms with Crippen molar-refractivity contribution in [3.05, 3.63) is 0 Å². The molecule has 0 saturated carbocycles. The Morgan fingerprint density at radius 3 is 2.00 bits per heavy atom. The highest BCUT2D eigenvalue weighted by molar-refractivity contribution is 5.74. The van der Waals surface area contributed by atoms with Crippen molar-refractivity contribution in [3.63, 3.8) is 0 Å².